The van der Waals surface area contributed by atoms with Gasteiger partial charge in [-0.1, -0.05) is 24.6 Å². The van der Waals surface area contributed by atoms with Crippen molar-refractivity contribution in [2.24, 2.45) is 5.73 Å². The van der Waals surface area contributed by atoms with E-state index < -0.39 is 5.72 Å². The van der Waals surface area contributed by atoms with Gasteiger partial charge in [-0.25, -0.2) is 4.79 Å². The predicted molar refractivity (Wildman–Crippen MR) is 69.1 cm³/mol. The molecule has 0 aliphatic heterocycles. The average molecular weight is 256 g/mol. The standard InChI is InChI=1S/C13H17NO2.ClH/c14-13(9-5-2-6-10-13)16-12(15)11-7-3-1-4-8-11;/h1,3-4,7-8H,2,5-6,9-10,14H2;1H. The van der Waals surface area contributed by atoms with E-state index in [1.165, 1.54) is 6.42 Å². The van der Waals surface area contributed by atoms with E-state index in [9.17, 15) is 4.79 Å². The van der Waals surface area contributed by atoms with Crippen LogP contribution in [0.1, 0.15) is 42.5 Å². The molecule has 0 amide bonds. The first-order chi connectivity index (χ1) is 7.70. The summed E-state index contributed by atoms with van der Waals surface area (Å²) in [6.45, 7) is 0. The van der Waals surface area contributed by atoms with Gasteiger partial charge in [0.2, 0.25) is 0 Å². The van der Waals surface area contributed by atoms with Crippen LogP contribution in [-0.4, -0.2) is 11.7 Å². The molecule has 1 fully saturated rings. The average Bonchev–Trinajstić information content (AvgIpc) is 2.30. The third kappa shape index (κ3) is 3.72. The van der Waals surface area contributed by atoms with Crippen molar-refractivity contribution in [2.75, 3.05) is 0 Å². The first-order valence-corrected chi connectivity index (χ1v) is 5.77. The summed E-state index contributed by atoms with van der Waals surface area (Å²) in [5.41, 5.74) is 5.88. The summed E-state index contributed by atoms with van der Waals surface area (Å²) in [6.07, 6.45) is 4.80. The van der Waals surface area contributed by atoms with Gasteiger partial charge in [-0.2, -0.15) is 0 Å². The van der Waals surface area contributed by atoms with Crippen LogP contribution in [0.25, 0.3) is 0 Å². The van der Waals surface area contributed by atoms with Gasteiger partial charge in [-0.05, 0) is 25.0 Å². The van der Waals surface area contributed by atoms with Crippen molar-refractivity contribution < 1.29 is 9.53 Å². The largest absolute Gasteiger partial charge is 0.441 e. The van der Waals surface area contributed by atoms with Gasteiger partial charge in [-0.15, -0.1) is 12.4 Å². The summed E-state index contributed by atoms with van der Waals surface area (Å²) in [7, 11) is 0. The van der Waals surface area contributed by atoms with E-state index in [0.29, 0.717) is 5.56 Å². The van der Waals surface area contributed by atoms with Gasteiger partial charge >= 0.3 is 5.97 Å². The van der Waals surface area contributed by atoms with Crippen LogP contribution in [0.15, 0.2) is 30.3 Å². The molecular formula is C13H18ClNO2. The number of hydrogen-bond donors (Lipinski definition) is 1. The summed E-state index contributed by atoms with van der Waals surface area (Å²) in [4.78, 5) is 11.8. The van der Waals surface area contributed by atoms with Crippen LogP contribution in [0.2, 0.25) is 0 Å². The van der Waals surface area contributed by atoms with Crippen molar-refractivity contribution in [3.63, 3.8) is 0 Å². The third-order valence-corrected chi connectivity index (χ3v) is 3.01. The number of nitrogens with two attached hydrogens (primary N) is 1. The number of ether oxygens (including phenoxy) is 1. The summed E-state index contributed by atoms with van der Waals surface area (Å²) in [5.74, 6) is -0.315. The Hall–Kier alpha value is -1.06. The minimum absolute atomic E-state index is 0. The zero-order chi connectivity index (χ0) is 11.4. The Morgan fingerprint density at radius 2 is 1.71 bits per heavy atom. The Balaban J connectivity index is 0.00000144. The zero-order valence-corrected chi connectivity index (χ0v) is 10.5. The summed E-state index contributed by atoms with van der Waals surface area (Å²) in [6, 6.07) is 9.00. The zero-order valence-electron chi connectivity index (χ0n) is 9.72. The van der Waals surface area contributed by atoms with Gasteiger partial charge in [0.1, 0.15) is 0 Å². The number of esters is 1. The molecule has 1 aliphatic carbocycles. The normalized spacial score (nSPS) is 17.9. The minimum Gasteiger partial charge on any atom is -0.441 e. The smallest absolute Gasteiger partial charge is 0.339 e. The molecule has 0 radical (unpaired) electrons. The van der Waals surface area contributed by atoms with E-state index in [0.717, 1.165) is 25.7 Å². The van der Waals surface area contributed by atoms with Crippen molar-refractivity contribution in [1.82, 2.24) is 0 Å². The Bertz CT molecular complexity index is 361. The van der Waals surface area contributed by atoms with Crippen LogP contribution in [0.4, 0.5) is 0 Å². The lowest BCUT2D eigenvalue weighted by Gasteiger charge is -2.32. The van der Waals surface area contributed by atoms with Gasteiger partial charge in [0.15, 0.2) is 5.72 Å². The highest BCUT2D eigenvalue weighted by atomic mass is 35.5. The Morgan fingerprint density at radius 1 is 1.12 bits per heavy atom. The molecule has 2 rings (SSSR count). The fourth-order valence-electron chi connectivity index (χ4n) is 2.07. The Kier molecular flexibility index (Phi) is 4.97. The molecule has 1 saturated carbocycles. The first kappa shape index (κ1) is 14.0. The molecule has 17 heavy (non-hydrogen) atoms. The maximum Gasteiger partial charge on any atom is 0.339 e. The molecule has 0 aromatic heterocycles. The number of carbonyl (C=O) groups excluding carboxylic acids is 1. The van der Waals surface area contributed by atoms with Crippen LogP contribution in [0.3, 0.4) is 0 Å². The fourth-order valence-corrected chi connectivity index (χ4v) is 2.07. The summed E-state index contributed by atoms with van der Waals surface area (Å²) < 4.78 is 5.40. The van der Waals surface area contributed by atoms with E-state index in [1.807, 2.05) is 18.2 Å². The van der Waals surface area contributed by atoms with Crippen molar-refractivity contribution >= 4 is 18.4 Å². The number of halogens is 1. The lowest BCUT2D eigenvalue weighted by molar-refractivity contribution is -0.0340. The van der Waals surface area contributed by atoms with Crippen LogP contribution in [0.5, 0.6) is 0 Å². The lowest BCUT2D eigenvalue weighted by Crippen LogP contribution is -2.46. The molecule has 0 unspecified atom stereocenters. The maximum atomic E-state index is 11.8. The number of hydrogen-bond acceptors (Lipinski definition) is 3. The molecule has 2 N–H and O–H groups in total. The molecule has 94 valence electrons. The Labute approximate surface area is 108 Å². The number of rotatable bonds is 2. The first-order valence-electron chi connectivity index (χ1n) is 5.77. The SMILES string of the molecule is Cl.NC1(OC(=O)c2ccccc2)CCCCC1. The molecule has 4 heteroatoms. The second-order valence-electron chi connectivity index (χ2n) is 4.38. The molecule has 3 nitrogen and oxygen atoms in total. The topological polar surface area (TPSA) is 52.3 Å². The fraction of sp³-hybridized carbons (Fsp3) is 0.462. The molecule has 1 aromatic carbocycles. The molecule has 0 spiro atoms. The van der Waals surface area contributed by atoms with Crippen molar-refractivity contribution in [1.29, 1.82) is 0 Å². The minimum atomic E-state index is -0.745. The highest BCUT2D eigenvalue weighted by molar-refractivity contribution is 5.89. The summed E-state index contributed by atoms with van der Waals surface area (Å²) >= 11 is 0. The third-order valence-electron chi connectivity index (χ3n) is 3.01. The molecule has 1 aliphatic rings. The molecule has 0 bridgehead atoms. The van der Waals surface area contributed by atoms with E-state index >= 15 is 0 Å². The van der Waals surface area contributed by atoms with Crippen molar-refractivity contribution in [2.45, 2.75) is 37.8 Å². The maximum absolute atomic E-state index is 11.8. The highest BCUT2D eigenvalue weighted by Crippen LogP contribution is 2.27. The Morgan fingerprint density at radius 3 is 2.29 bits per heavy atom. The van der Waals surface area contributed by atoms with E-state index in [2.05, 4.69) is 0 Å². The van der Waals surface area contributed by atoms with E-state index in [4.69, 9.17) is 10.5 Å². The van der Waals surface area contributed by atoms with Crippen LogP contribution < -0.4 is 5.73 Å². The van der Waals surface area contributed by atoms with E-state index in [-0.39, 0.29) is 18.4 Å². The van der Waals surface area contributed by atoms with E-state index in [1.54, 1.807) is 12.1 Å². The summed E-state index contributed by atoms with van der Waals surface area (Å²) in [5, 5.41) is 0. The van der Waals surface area contributed by atoms with Crippen molar-refractivity contribution in [3.05, 3.63) is 35.9 Å². The second-order valence-corrected chi connectivity index (χ2v) is 4.38. The second kappa shape index (κ2) is 6.03. The molecule has 1 aromatic rings. The lowest BCUT2D eigenvalue weighted by atomic mass is 9.92. The number of carbonyl (C=O) groups is 1. The van der Waals surface area contributed by atoms with Gasteiger partial charge in [0, 0.05) is 12.8 Å². The van der Waals surface area contributed by atoms with Gasteiger partial charge < -0.3 is 4.74 Å². The monoisotopic (exact) mass is 255 g/mol. The quantitative estimate of drug-likeness (QED) is 0.653. The molecular weight excluding hydrogens is 238 g/mol. The van der Waals surface area contributed by atoms with Crippen LogP contribution >= 0.6 is 12.4 Å². The van der Waals surface area contributed by atoms with Gasteiger partial charge in [0.05, 0.1) is 5.56 Å². The highest BCUT2D eigenvalue weighted by Gasteiger charge is 2.31. The molecule has 0 heterocycles. The number of benzene rings is 1. The predicted octanol–water partition coefficient (Wildman–Crippen LogP) is 2.88. The molecule has 0 saturated heterocycles. The van der Waals surface area contributed by atoms with Crippen molar-refractivity contribution in [3.8, 4) is 0 Å². The van der Waals surface area contributed by atoms with Gasteiger partial charge in [0.25, 0.3) is 0 Å². The van der Waals surface area contributed by atoms with Crippen LogP contribution in [0, 0.1) is 0 Å². The molecule has 0 atom stereocenters. The van der Waals surface area contributed by atoms with Crippen LogP contribution in [-0.2, 0) is 4.74 Å². The van der Waals surface area contributed by atoms with Gasteiger partial charge in [-0.3, -0.25) is 5.73 Å².